The third kappa shape index (κ3) is 7.33. The van der Waals surface area contributed by atoms with Crippen molar-refractivity contribution in [3.63, 3.8) is 0 Å². The van der Waals surface area contributed by atoms with Crippen molar-refractivity contribution in [1.29, 1.82) is 0 Å². The normalized spacial score (nSPS) is 12.6. The third-order valence-electron chi connectivity index (χ3n) is 6.22. The lowest BCUT2D eigenvalue weighted by molar-refractivity contribution is -0.126. The first-order chi connectivity index (χ1) is 18.5. The van der Waals surface area contributed by atoms with Gasteiger partial charge in [-0.1, -0.05) is 43.0 Å². The zero-order valence-electron chi connectivity index (χ0n) is 21.8. The zero-order chi connectivity index (χ0) is 27.3. The maximum atomic E-state index is 12.5. The number of nitrogens with two attached hydrogens (primary N) is 1. The summed E-state index contributed by atoms with van der Waals surface area (Å²) in [6.07, 6.45) is 6.66. The topological polar surface area (TPSA) is 122 Å². The van der Waals surface area contributed by atoms with E-state index in [0.717, 1.165) is 33.9 Å². The van der Waals surface area contributed by atoms with Gasteiger partial charge in [-0.2, -0.15) is 5.10 Å². The van der Waals surface area contributed by atoms with Crippen LogP contribution in [-0.4, -0.2) is 60.7 Å². The molecule has 3 aromatic rings. The van der Waals surface area contributed by atoms with Crippen molar-refractivity contribution >= 4 is 41.1 Å². The monoisotopic (exact) mass is 514 g/mol. The number of nitrogens with one attached hydrogen (secondary N) is 1. The van der Waals surface area contributed by atoms with Gasteiger partial charge in [0.15, 0.2) is 0 Å². The van der Waals surface area contributed by atoms with E-state index in [2.05, 4.69) is 27.0 Å². The van der Waals surface area contributed by atoms with E-state index in [-0.39, 0.29) is 12.5 Å². The minimum Gasteiger partial charge on any atom is -0.487 e. The number of aldehydes is 1. The molecule has 1 amide bonds. The molecule has 0 saturated carbocycles. The zero-order valence-corrected chi connectivity index (χ0v) is 21.8. The highest BCUT2D eigenvalue weighted by Crippen LogP contribution is 2.26. The number of hydrazone groups is 1. The van der Waals surface area contributed by atoms with Gasteiger partial charge in [-0.3, -0.25) is 19.7 Å². The lowest BCUT2D eigenvalue weighted by Crippen LogP contribution is -2.43. The molecule has 0 aliphatic heterocycles. The summed E-state index contributed by atoms with van der Waals surface area (Å²) in [5.41, 5.74) is 4.18. The SMILES string of the molecule is C=Cc1cccc(OCC(C=NCc2ccnc3ccccc23)=NN)c1CN(C)C(CCC=O)C(=O)NC. The molecule has 38 heavy (non-hydrogen) atoms. The van der Waals surface area contributed by atoms with Crippen molar-refractivity contribution in [2.75, 3.05) is 20.7 Å². The quantitative estimate of drug-likeness (QED) is 0.147. The van der Waals surface area contributed by atoms with E-state index in [1.54, 1.807) is 25.5 Å². The van der Waals surface area contributed by atoms with Crippen LogP contribution in [0.25, 0.3) is 17.0 Å². The Balaban J connectivity index is 1.72. The summed E-state index contributed by atoms with van der Waals surface area (Å²) in [6, 6.07) is 15.1. The van der Waals surface area contributed by atoms with Gasteiger partial charge in [-0.25, -0.2) is 0 Å². The fourth-order valence-corrected chi connectivity index (χ4v) is 4.18. The van der Waals surface area contributed by atoms with Gasteiger partial charge < -0.3 is 20.7 Å². The van der Waals surface area contributed by atoms with Crippen molar-refractivity contribution < 1.29 is 14.3 Å². The number of pyridine rings is 1. The standard InChI is InChI=1S/C29H34N6O3/c1-4-21-9-7-13-28(25(21)19-35(3)27(12-8-16-36)29(37)31-2)38-20-23(34-30)18-32-17-22-14-15-33-26-11-6-5-10-24(22)26/h4-7,9-11,13-16,18,27H,1,8,12,17,19-20,30H2,2-3H3,(H,31,37). The molecule has 2 aromatic carbocycles. The molecule has 0 bridgehead atoms. The Labute approximate surface area is 223 Å². The molecule has 3 N–H and O–H groups in total. The number of benzene rings is 2. The molecule has 1 unspecified atom stereocenters. The lowest BCUT2D eigenvalue weighted by atomic mass is 10.0. The summed E-state index contributed by atoms with van der Waals surface area (Å²) in [5, 5.41) is 7.57. The average molecular weight is 515 g/mol. The Kier molecular flexibility index (Phi) is 10.7. The number of fused-ring (bicyclic) bond motifs is 1. The molecule has 0 aliphatic rings. The van der Waals surface area contributed by atoms with E-state index in [4.69, 9.17) is 10.6 Å². The number of hydrogen-bond donors (Lipinski definition) is 2. The van der Waals surface area contributed by atoms with Gasteiger partial charge in [0, 0.05) is 43.4 Å². The molecule has 3 rings (SSSR count). The second kappa shape index (κ2) is 14.4. The van der Waals surface area contributed by atoms with E-state index in [0.29, 0.717) is 37.4 Å². The number of aromatic nitrogens is 1. The molecular weight excluding hydrogens is 480 g/mol. The number of rotatable bonds is 14. The Morgan fingerprint density at radius 1 is 1.24 bits per heavy atom. The number of amides is 1. The number of aliphatic imine (C=N–C) groups is 1. The number of carbonyl (C=O) groups is 2. The summed E-state index contributed by atoms with van der Waals surface area (Å²) in [4.78, 5) is 34.2. The molecule has 9 nitrogen and oxygen atoms in total. The van der Waals surface area contributed by atoms with Crippen LogP contribution in [0.5, 0.6) is 5.75 Å². The molecule has 1 aromatic heterocycles. The number of para-hydroxylation sites is 1. The minimum atomic E-state index is -0.464. The molecule has 0 aliphatic carbocycles. The molecule has 198 valence electrons. The number of nitrogens with zero attached hydrogens (tertiary/aromatic N) is 4. The Morgan fingerprint density at radius 2 is 2.05 bits per heavy atom. The Morgan fingerprint density at radius 3 is 2.79 bits per heavy atom. The highest BCUT2D eigenvalue weighted by molar-refractivity contribution is 6.31. The smallest absolute Gasteiger partial charge is 0.237 e. The predicted molar refractivity (Wildman–Crippen MR) is 152 cm³/mol. The molecule has 9 heteroatoms. The largest absolute Gasteiger partial charge is 0.487 e. The second-order valence-electron chi connectivity index (χ2n) is 8.68. The summed E-state index contributed by atoms with van der Waals surface area (Å²) in [5.74, 6) is 6.10. The Bertz CT molecular complexity index is 1320. The van der Waals surface area contributed by atoms with Gasteiger partial charge in [-0.05, 0) is 42.8 Å². The van der Waals surface area contributed by atoms with Crippen LogP contribution >= 0.6 is 0 Å². The molecule has 0 spiro atoms. The number of likely N-dealkylation sites (N-methyl/N-ethyl adjacent to an activating group) is 2. The van der Waals surface area contributed by atoms with Crippen molar-refractivity contribution in [3.05, 3.63) is 78.0 Å². The van der Waals surface area contributed by atoms with Crippen molar-refractivity contribution in [1.82, 2.24) is 15.2 Å². The maximum absolute atomic E-state index is 12.5. The fourth-order valence-electron chi connectivity index (χ4n) is 4.18. The van der Waals surface area contributed by atoms with E-state index >= 15 is 0 Å². The van der Waals surface area contributed by atoms with Crippen LogP contribution in [0.3, 0.4) is 0 Å². The van der Waals surface area contributed by atoms with Crippen molar-refractivity contribution in [3.8, 4) is 5.75 Å². The lowest BCUT2D eigenvalue weighted by Gasteiger charge is -2.27. The van der Waals surface area contributed by atoms with E-state index in [1.165, 1.54) is 0 Å². The van der Waals surface area contributed by atoms with Crippen molar-refractivity contribution in [2.24, 2.45) is 15.9 Å². The summed E-state index contributed by atoms with van der Waals surface area (Å²) < 4.78 is 6.11. The predicted octanol–water partition coefficient (Wildman–Crippen LogP) is 3.37. The van der Waals surface area contributed by atoms with E-state index < -0.39 is 6.04 Å². The van der Waals surface area contributed by atoms with Gasteiger partial charge in [0.2, 0.25) is 5.91 Å². The number of ether oxygens (including phenoxy) is 1. The molecule has 0 saturated heterocycles. The van der Waals surface area contributed by atoms with Crippen LogP contribution in [0.15, 0.2) is 71.4 Å². The third-order valence-corrected chi connectivity index (χ3v) is 6.22. The molecular formula is C29H34N6O3. The van der Waals surface area contributed by atoms with Gasteiger partial charge in [0.1, 0.15) is 24.4 Å². The van der Waals surface area contributed by atoms with Crippen LogP contribution in [0.4, 0.5) is 0 Å². The first kappa shape index (κ1) is 28.2. The van der Waals surface area contributed by atoms with Crippen LogP contribution in [0.1, 0.15) is 29.5 Å². The molecule has 0 radical (unpaired) electrons. The van der Waals surface area contributed by atoms with Gasteiger partial charge >= 0.3 is 0 Å². The Hall–Kier alpha value is -4.37. The van der Waals surface area contributed by atoms with E-state index in [9.17, 15) is 9.59 Å². The van der Waals surface area contributed by atoms with Gasteiger partial charge in [0.05, 0.1) is 18.1 Å². The average Bonchev–Trinajstić information content (AvgIpc) is 2.95. The van der Waals surface area contributed by atoms with E-state index in [1.807, 2.05) is 60.5 Å². The highest BCUT2D eigenvalue weighted by Gasteiger charge is 2.23. The summed E-state index contributed by atoms with van der Waals surface area (Å²) >= 11 is 0. The molecule has 0 fully saturated rings. The first-order valence-electron chi connectivity index (χ1n) is 12.3. The molecule has 1 heterocycles. The van der Waals surface area contributed by atoms with Crippen LogP contribution in [0.2, 0.25) is 0 Å². The first-order valence-corrected chi connectivity index (χ1v) is 12.3. The summed E-state index contributed by atoms with van der Waals surface area (Å²) in [7, 11) is 3.43. The second-order valence-corrected chi connectivity index (χ2v) is 8.68. The number of hydrogen-bond acceptors (Lipinski definition) is 8. The van der Waals surface area contributed by atoms with Gasteiger partial charge in [0.25, 0.3) is 0 Å². The highest BCUT2D eigenvalue weighted by atomic mass is 16.5. The summed E-state index contributed by atoms with van der Waals surface area (Å²) in [6.45, 7) is 4.89. The van der Waals surface area contributed by atoms with Gasteiger partial charge in [-0.15, -0.1) is 0 Å². The molecule has 1 atom stereocenters. The number of carbonyl (C=O) groups excluding carboxylic acids is 2. The van der Waals surface area contributed by atoms with Crippen molar-refractivity contribution in [2.45, 2.75) is 32.0 Å². The maximum Gasteiger partial charge on any atom is 0.237 e. The van der Waals surface area contributed by atoms with Crippen LogP contribution in [0, 0.1) is 0 Å². The minimum absolute atomic E-state index is 0.110. The van der Waals surface area contributed by atoms with Crippen LogP contribution in [-0.2, 0) is 22.7 Å². The fraction of sp³-hybridized carbons (Fsp3) is 0.276. The van der Waals surface area contributed by atoms with Crippen LogP contribution < -0.4 is 15.9 Å².